The number of amides is 1. The van der Waals surface area contributed by atoms with E-state index in [0.717, 1.165) is 22.0 Å². The smallest absolute Gasteiger partial charge is 0.239 e. The van der Waals surface area contributed by atoms with E-state index in [1.165, 1.54) is 6.07 Å². The van der Waals surface area contributed by atoms with Gasteiger partial charge in [0.2, 0.25) is 5.91 Å². The molecule has 0 saturated heterocycles. The van der Waals surface area contributed by atoms with Crippen molar-refractivity contribution in [3.8, 4) is 0 Å². The van der Waals surface area contributed by atoms with Crippen LogP contribution in [0.15, 0.2) is 36.7 Å². The third kappa shape index (κ3) is 2.95. The molecule has 2 heterocycles. The molecule has 0 fully saturated rings. The Hall–Kier alpha value is -2.89. The highest BCUT2D eigenvalue weighted by molar-refractivity contribution is 5.93. The summed E-state index contributed by atoms with van der Waals surface area (Å²) in [7, 11) is 1.60. The van der Waals surface area contributed by atoms with Gasteiger partial charge < -0.3 is 15.2 Å². The number of hydrogen-bond acceptors (Lipinski definition) is 3. The zero-order valence-corrected chi connectivity index (χ0v) is 13.9. The molecule has 0 atom stereocenters. The van der Waals surface area contributed by atoms with Crippen molar-refractivity contribution in [2.45, 2.75) is 20.4 Å². The van der Waals surface area contributed by atoms with Crippen LogP contribution in [0.4, 0.5) is 15.9 Å². The Morgan fingerprint density at radius 1 is 1.29 bits per heavy atom. The van der Waals surface area contributed by atoms with Crippen LogP contribution in [0.2, 0.25) is 0 Å². The molecule has 2 aromatic heterocycles. The minimum atomic E-state index is -0.309. The summed E-state index contributed by atoms with van der Waals surface area (Å²) in [4.78, 5) is 15.9. The average molecular weight is 326 g/mol. The van der Waals surface area contributed by atoms with Crippen molar-refractivity contribution in [1.29, 1.82) is 0 Å². The molecule has 0 radical (unpaired) electrons. The molecule has 1 aromatic carbocycles. The van der Waals surface area contributed by atoms with E-state index >= 15 is 0 Å². The van der Waals surface area contributed by atoms with Crippen molar-refractivity contribution < 1.29 is 9.18 Å². The van der Waals surface area contributed by atoms with Gasteiger partial charge in [-0.05, 0) is 43.2 Å². The predicted molar refractivity (Wildman–Crippen MR) is 93.0 cm³/mol. The van der Waals surface area contributed by atoms with Gasteiger partial charge in [-0.3, -0.25) is 4.79 Å². The molecule has 0 spiro atoms. The average Bonchev–Trinajstić information content (AvgIpc) is 2.94. The van der Waals surface area contributed by atoms with Gasteiger partial charge in [0.05, 0.1) is 11.2 Å². The van der Waals surface area contributed by atoms with E-state index in [9.17, 15) is 9.18 Å². The Kier molecular flexibility index (Phi) is 4.20. The van der Waals surface area contributed by atoms with E-state index in [4.69, 9.17) is 0 Å². The highest BCUT2D eigenvalue weighted by Gasteiger charge is 2.12. The maximum atomic E-state index is 14.3. The van der Waals surface area contributed by atoms with Gasteiger partial charge in [0.25, 0.3) is 0 Å². The fourth-order valence-electron chi connectivity index (χ4n) is 2.79. The molecule has 1 amide bonds. The van der Waals surface area contributed by atoms with Crippen molar-refractivity contribution >= 4 is 28.3 Å². The molecule has 0 saturated carbocycles. The number of aryl methyl sites for hydroxylation is 2. The molecule has 124 valence electrons. The molecule has 0 unspecified atom stereocenters. The number of fused-ring (bicyclic) bond motifs is 1. The number of halogens is 1. The quantitative estimate of drug-likeness (QED) is 0.773. The minimum Gasteiger partial charge on any atom is -0.358 e. The van der Waals surface area contributed by atoms with Crippen LogP contribution in [-0.2, 0) is 11.3 Å². The number of benzene rings is 1. The molecule has 0 aliphatic heterocycles. The van der Waals surface area contributed by atoms with Crippen LogP contribution < -0.4 is 10.6 Å². The summed E-state index contributed by atoms with van der Waals surface area (Å²) < 4.78 is 16.1. The molecule has 0 aliphatic carbocycles. The number of anilines is 2. The first kappa shape index (κ1) is 16.0. The van der Waals surface area contributed by atoms with Gasteiger partial charge in [-0.15, -0.1) is 0 Å². The molecule has 0 bridgehead atoms. The van der Waals surface area contributed by atoms with Gasteiger partial charge in [-0.1, -0.05) is 6.07 Å². The summed E-state index contributed by atoms with van der Waals surface area (Å²) in [6.45, 7) is 3.94. The van der Waals surface area contributed by atoms with Gasteiger partial charge in [0.15, 0.2) is 0 Å². The van der Waals surface area contributed by atoms with Crippen molar-refractivity contribution in [3.05, 3.63) is 53.6 Å². The maximum absolute atomic E-state index is 14.3. The normalized spacial score (nSPS) is 10.8. The Balaban J connectivity index is 2.01. The van der Waals surface area contributed by atoms with Crippen molar-refractivity contribution in [3.63, 3.8) is 0 Å². The summed E-state index contributed by atoms with van der Waals surface area (Å²) in [6.07, 6.45) is 3.47. The Morgan fingerprint density at radius 2 is 2.08 bits per heavy atom. The topological polar surface area (TPSA) is 59.0 Å². The second-order valence-electron chi connectivity index (χ2n) is 5.77. The number of nitrogens with one attached hydrogen (secondary N) is 2. The highest BCUT2D eigenvalue weighted by atomic mass is 19.1. The lowest BCUT2D eigenvalue weighted by Crippen LogP contribution is -2.22. The first-order chi connectivity index (χ1) is 11.5. The van der Waals surface area contributed by atoms with Crippen LogP contribution in [-0.4, -0.2) is 22.5 Å². The minimum absolute atomic E-state index is 0.0840. The second-order valence-corrected chi connectivity index (χ2v) is 5.77. The number of carbonyl (C=O) groups is 1. The molecular weight excluding hydrogens is 307 g/mol. The van der Waals surface area contributed by atoms with E-state index in [2.05, 4.69) is 15.6 Å². The maximum Gasteiger partial charge on any atom is 0.239 e. The Morgan fingerprint density at radius 3 is 2.79 bits per heavy atom. The van der Waals surface area contributed by atoms with Crippen molar-refractivity contribution in [2.24, 2.45) is 0 Å². The van der Waals surface area contributed by atoms with Crippen LogP contribution in [0.3, 0.4) is 0 Å². The van der Waals surface area contributed by atoms with Gasteiger partial charge >= 0.3 is 0 Å². The van der Waals surface area contributed by atoms with Crippen LogP contribution in [0, 0.1) is 19.7 Å². The number of nitrogens with zero attached hydrogens (tertiary/aromatic N) is 2. The molecule has 2 N–H and O–H groups in total. The third-order valence-electron chi connectivity index (χ3n) is 3.97. The summed E-state index contributed by atoms with van der Waals surface area (Å²) >= 11 is 0. The lowest BCUT2D eigenvalue weighted by atomic mass is 10.1. The molecule has 6 heteroatoms. The Labute approximate surface area is 139 Å². The van der Waals surface area contributed by atoms with Gasteiger partial charge in [0.1, 0.15) is 18.2 Å². The molecule has 3 rings (SSSR count). The van der Waals surface area contributed by atoms with E-state index in [1.807, 2.05) is 42.8 Å². The SMILES string of the molecule is CNC(=O)Cn1ccc2c(Nc3c(C)cc(C)cc3F)nccc21. The number of likely N-dealkylation sites (N-methyl/N-ethyl adjacent to an activating group) is 1. The van der Waals surface area contributed by atoms with E-state index in [1.54, 1.807) is 13.2 Å². The lowest BCUT2D eigenvalue weighted by Gasteiger charge is -2.12. The Bertz CT molecular complexity index is 894. The first-order valence-electron chi connectivity index (χ1n) is 7.68. The summed E-state index contributed by atoms with van der Waals surface area (Å²) in [5, 5.41) is 6.53. The summed E-state index contributed by atoms with van der Waals surface area (Å²) in [5.74, 6) is 0.171. The molecule has 3 aromatic rings. The molecule has 24 heavy (non-hydrogen) atoms. The van der Waals surface area contributed by atoms with Gasteiger partial charge in [-0.2, -0.15) is 0 Å². The molecule has 5 nitrogen and oxygen atoms in total. The summed E-state index contributed by atoms with van der Waals surface area (Å²) in [6, 6.07) is 7.12. The standard InChI is InChI=1S/C18H19FN4O/c1-11-8-12(2)17(14(19)9-11)22-18-13-5-7-23(10-16(24)20-3)15(13)4-6-21-18/h4-9H,10H2,1-3H3,(H,20,24)(H,21,22). The number of hydrogen-bond donors (Lipinski definition) is 2. The predicted octanol–water partition coefficient (Wildman–Crippen LogP) is 3.28. The van der Waals surface area contributed by atoms with Crippen LogP contribution in [0.1, 0.15) is 11.1 Å². The zero-order chi connectivity index (χ0) is 17.3. The zero-order valence-electron chi connectivity index (χ0n) is 13.9. The fraction of sp³-hybridized carbons (Fsp3) is 0.222. The lowest BCUT2D eigenvalue weighted by molar-refractivity contribution is -0.121. The van der Waals surface area contributed by atoms with E-state index in [-0.39, 0.29) is 18.3 Å². The fourth-order valence-corrected chi connectivity index (χ4v) is 2.79. The molecular formula is C18H19FN4O. The number of aromatic nitrogens is 2. The van der Waals surface area contributed by atoms with Crippen LogP contribution in [0.5, 0.6) is 0 Å². The number of rotatable bonds is 4. The van der Waals surface area contributed by atoms with E-state index < -0.39 is 0 Å². The van der Waals surface area contributed by atoms with Crippen molar-refractivity contribution in [2.75, 3.05) is 12.4 Å². The summed E-state index contributed by atoms with van der Waals surface area (Å²) in [5.41, 5.74) is 2.97. The van der Waals surface area contributed by atoms with Crippen molar-refractivity contribution in [1.82, 2.24) is 14.9 Å². The van der Waals surface area contributed by atoms with Crippen LogP contribution >= 0.6 is 0 Å². The van der Waals surface area contributed by atoms with Crippen LogP contribution in [0.25, 0.3) is 10.9 Å². The highest BCUT2D eigenvalue weighted by Crippen LogP contribution is 2.29. The molecule has 0 aliphatic rings. The van der Waals surface area contributed by atoms with Gasteiger partial charge in [-0.25, -0.2) is 9.37 Å². The number of carbonyl (C=O) groups excluding carboxylic acids is 1. The first-order valence-corrected chi connectivity index (χ1v) is 7.68. The largest absolute Gasteiger partial charge is 0.358 e. The second kappa shape index (κ2) is 6.31. The third-order valence-corrected chi connectivity index (χ3v) is 3.97. The van der Waals surface area contributed by atoms with Gasteiger partial charge in [0, 0.05) is 24.8 Å². The monoisotopic (exact) mass is 326 g/mol. The van der Waals surface area contributed by atoms with E-state index in [0.29, 0.717) is 11.5 Å². The number of pyridine rings is 1.